The molecule has 5 nitrogen and oxygen atoms in total. The van der Waals surface area contributed by atoms with Gasteiger partial charge in [-0.1, -0.05) is 26.2 Å². The molecule has 0 aliphatic heterocycles. The quantitative estimate of drug-likeness (QED) is 0.719. The highest BCUT2D eigenvalue weighted by Gasteiger charge is 2.14. The van der Waals surface area contributed by atoms with Crippen LogP contribution in [0.5, 0.6) is 0 Å². The first-order chi connectivity index (χ1) is 9.32. The van der Waals surface area contributed by atoms with Gasteiger partial charge in [-0.15, -0.1) is 11.3 Å². The lowest BCUT2D eigenvalue weighted by molar-refractivity contribution is -0.121. The van der Waals surface area contributed by atoms with E-state index in [0.717, 1.165) is 30.6 Å². The summed E-state index contributed by atoms with van der Waals surface area (Å²) in [7, 11) is -3.67. The Hall–Kier alpha value is -0.920. The number of rotatable bonds is 8. The lowest BCUT2D eigenvalue weighted by Crippen LogP contribution is -2.33. The molecule has 1 aromatic rings. The maximum atomic E-state index is 11.8. The molecule has 0 spiro atoms. The molecule has 0 fully saturated rings. The Balaban J connectivity index is 2.44. The van der Waals surface area contributed by atoms with Gasteiger partial charge in [0.05, 0.1) is 6.42 Å². The van der Waals surface area contributed by atoms with Crippen LogP contribution >= 0.6 is 11.3 Å². The summed E-state index contributed by atoms with van der Waals surface area (Å²) in [6, 6.07) is 3.21. The highest BCUT2D eigenvalue weighted by Crippen LogP contribution is 2.20. The van der Waals surface area contributed by atoms with Crippen LogP contribution in [0, 0.1) is 0 Å². The summed E-state index contributed by atoms with van der Waals surface area (Å²) < 4.78 is 22.4. The van der Waals surface area contributed by atoms with Crippen LogP contribution in [-0.2, 0) is 21.2 Å². The van der Waals surface area contributed by atoms with Gasteiger partial charge >= 0.3 is 0 Å². The molecule has 1 unspecified atom stereocenters. The van der Waals surface area contributed by atoms with Crippen molar-refractivity contribution in [2.24, 2.45) is 5.14 Å². The van der Waals surface area contributed by atoms with Crippen molar-refractivity contribution in [2.75, 3.05) is 0 Å². The molecule has 1 rings (SSSR count). The summed E-state index contributed by atoms with van der Waals surface area (Å²) in [6.45, 7) is 4.13. The predicted molar refractivity (Wildman–Crippen MR) is 81.1 cm³/mol. The number of unbranched alkanes of at least 4 members (excludes halogenated alkanes) is 2. The Morgan fingerprint density at radius 3 is 2.65 bits per heavy atom. The number of thiophene rings is 1. The average molecular weight is 318 g/mol. The molecule has 0 saturated heterocycles. The molecule has 0 aliphatic carbocycles. The third-order valence-corrected chi connectivity index (χ3v) is 5.42. The number of nitrogens with one attached hydrogen (secondary N) is 1. The molecule has 1 heterocycles. The summed E-state index contributed by atoms with van der Waals surface area (Å²) >= 11 is 1.04. The van der Waals surface area contributed by atoms with Gasteiger partial charge in [0.25, 0.3) is 0 Å². The molecule has 1 atom stereocenters. The minimum atomic E-state index is -3.67. The number of hydrogen-bond acceptors (Lipinski definition) is 4. The average Bonchev–Trinajstić information content (AvgIpc) is 2.77. The first kappa shape index (κ1) is 17.1. The summed E-state index contributed by atoms with van der Waals surface area (Å²) in [5, 5.41) is 7.95. The lowest BCUT2D eigenvalue weighted by atomic mass is 10.1. The highest BCUT2D eigenvalue weighted by atomic mass is 32.2. The predicted octanol–water partition coefficient (Wildman–Crippen LogP) is 2.02. The van der Waals surface area contributed by atoms with E-state index in [4.69, 9.17) is 5.14 Å². The topological polar surface area (TPSA) is 89.3 Å². The molecule has 0 aromatic carbocycles. The number of sulfonamides is 1. The van der Waals surface area contributed by atoms with Crippen molar-refractivity contribution in [1.29, 1.82) is 0 Å². The van der Waals surface area contributed by atoms with Gasteiger partial charge in [-0.25, -0.2) is 13.6 Å². The van der Waals surface area contributed by atoms with Crippen LogP contribution in [0.2, 0.25) is 0 Å². The van der Waals surface area contributed by atoms with Crippen molar-refractivity contribution in [3.8, 4) is 0 Å². The fraction of sp³-hybridized carbons (Fsp3) is 0.615. The molecule has 0 aliphatic rings. The smallest absolute Gasteiger partial charge is 0.247 e. The normalized spacial score (nSPS) is 13.2. The monoisotopic (exact) mass is 318 g/mol. The van der Waals surface area contributed by atoms with Gasteiger partial charge < -0.3 is 5.32 Å². The van der Waals surface area contributed by atoms with E-state index in [2.05, 4.69) is 12.2 Å². The van der Waals surface area contributed by atoms with E-state index in [1.165, 1.54) is 12.5 Å². The Labute approximate surface area is 124 Å². The van der Waals surface area contributed by atoms with E-state index in [1.54, 1.807) is 6.07 Å². The molecule has 3 N–H and O–H groups in total. The zero-order valence-electron chi connectivity index (χ0n) is 11.9. The largest absolute Gasteiger partial charge is 0.353 e. The number of carbonyl (C=O) groups is 1. The Morgan fingerprint density at radius 2 is 2.10 bits per heavy atom. The zero-order chi connectivity index (χ0) is 15.2. The van der Waals surface area contributed by atoms with Crippen LogP contribution < -0.4 is 10.5 Å². The van der Waals surface area contributed by atoms with Gasteiger partial charge in [0.1, 0.15) is 4.21 Å². The van der Waals surface area contributed by atoms with Crippen LogP contribution in [0.4, 0.5) is 0 Å². The van der Waals surface area contributed by atoms with Gasteiger partial charge in [-0.2, -0.15) is 0 Å². The van der Waals surface area contributed by atoms with Gasteiger partial charge in [0.15, 0.2) is 0 Å². The summed E-state index contributed by atoms with van der Waals surface area (Å²) in [4.78, 5) is 12.5. The number of carbonyl (C=O) groups excluding carboxylic acids is 1. The fourth-order valence-electron chi connectivity index (χ4n) is 1.86. The van der Waals surface area contributed by atoms with E-state index >= 15 is 0 Å². The third-order valence-electron chi connectivity index (χ3n) is 2.90. The minimum Gasteiger partial charge on any atom is -0.353 e. The third kappa shape index (κ3) is 6.02. The first-order valence-corrected chi connectivity index (χ1v) is 9.10. The van der Waals surface area contributed by atoms with Crippen molar-refractivity contribution in [2.45, 2.75) is 56.2 Å². The fourth-order valence-corrected chi connectivity index (χ4v) is 3.64. The second-order valence-corrected chi connectivity index (χ2v) is 7.86. The Morgan fingerprint density at radius 1 is 1.40 bits per heavy atom. The van der Waals surface area contributed by atoms with Crippen molar-refractivity contribution >= 4 is 27.3 Å². The number of nitrogens with two attached hydrogens (primary N) is 1. The SMILES string of the molecule is CCCCCC(C)NC(=O)Cc1ccc(S(N)(=O)=O)s1. The van der Waals surface area contributed by atoms with Crippen LogP contribution in [-0.4, -0.2) is 20.4 Å². The summed E-state index contributed by atoms with van der Waals surface area (Å²) in [5.74, 6) is -0.0863. The maximum absolute atomic E-state index is 11.8. The first-order valence-electron chi connectivity index (χ1n) is 6.73. The second-order valence-electron chi connectivity index (χ2n) is 4.91. The molecule has 114 valence electrons. The summed E-state index contributed by atoms with van der Waals surface area (Å²) in [5.41, 5.74) is 0. The molecule has 7 heteroatoms. The molecule has 0 bridgehead atoms. The van der Waals surface area contributed by atoms with Gasteiger partial charge in [0.2, 0.25) is 15.9 Å². The van der Waals surface area contributed by atoms with Crippen LogP contribution in [0.25, 0.3) is 0 Å². The summed E-state index contributed by atoms with van der Waals surface area (Å²) in [6.07, 6.45) is 4.59. The Kier molecular flexibility index (Phi) is 6.64. The molecule has 0 saturated carbocycles. The van der Waals surface area contributed by atoms with Crippen molar-refractivity contribution in [3.63, 3.8) is 0 Å². The number of primary sulfonamides is 1. The van der Waals surface area contributed by atoms with Crippen LogP contribution in [0.1, 0.15) is 44.4 Å². The van der Waals surface area contributed by atoms with Gasteiger partial charge in [0, 0.05) is 10.9 Å². The van der Waals surface area contributed by atoms with E-state index < -0.39 is 10.0 Å². The van der Waals surface area contributed by atoms with Gasteiger partial charge in [-0.3, -0.25) is 4.79 Å². The van der Waals surface area contributed by atoms with E-state index in [-0.39, 0.29) is 22.6 Å². The Bertz CT molecular complexity index is 538. The maximum Gasteiger partial charge on any atom is 0.247 e. The number of amides is 1. The molecular formula is C13H22N2O3S2. The number of hydrogen-bond donors (Lipinski definition) is 2. The zero-order valence-corrected chi connectivity index (χ0v) is 13.5. The van der Waals surface area contributed by atoms with Crippen molar-refractivity contribution < 1.29 is 13.2 Å². The van der Waals surface area contributed by atoms with Crippen molar-refractivity contribution in [1.82, 2.24) is 5.32 Å². The molecular weight excluding hydrogens is 296 g/mol. The van der Waals surface area contributed by atoms with E-state index in [1.807, 2.05) is 6.92 Å². The minimum absolute atomic E-state index is 0.0863. The van der Waals surface area contributed by atoms with E-state index in [9.17, 15) is 13.2 Å². The van der Waals surface area contributed by atoms with Gasteiger partial charge in [-0.05, 0) is 25.5 Å². The highest BCUT2D eigenvalue weighted by molar-refractivity contribution is 7.91. The molecule has 1 amide bonds. The van der Waals surface area contributed by atoms with E-state index in [0.29, 0.717) is 4.88 Å². The standard InChI is InChI=1S/C13H22N2O3S2/c1-3-4-5-6-10(2)15-12(16)9-11-7-8-13(19-11)20(14,17)18/h7-8,10H,3-6,9H2,1-2H3,(H,15,16)(H2,14,17,18). The molecule has 20 heavy (non-hydrogen) atoms. The lowest BCUT2D eigenvalue weighted by Gasteiger charge is -2.13. The van der Waals surface area contributed by atoms with Crippen LogP contribution in [0.15, 0.2) is 16.3 Å². The molecule has 0 radical (unpaired) electrons. The molecule has 1 aromatic heterocycles. The van der Waals surface area contributed by atoms with Crippen molar-refractivity contribution in [3.05, 3.63) is 17.0 Å². The van der Waals surface area contributed by atoms with Crippen LogP contribution in [0.3, 0.4) is 0 Å². The second kappa shape index (κ2) is 7.75.